The third-order valence-corrected chi connectivity index (χ3v) is 8.12. The second kappa shape index (κ2) is 11.7. The summed E-state index contributed by atoms with van der Waals surface area (Å²) < 4.78 is 19.8. The number of carbonyl (C=O) groups is 2. The molecule has 3 heterocycles. The van der Waals surface area contributed by atoms with Gasteiger partial charge in [-0.15, -0.1) is 0 Å². The summed E-state index contributed by atoms with van der Waals surface area (Å²) in [4.78, 5) is 45.2. The van der Waals surface area contributed by atoms with Crippen molar-refractivity contribution in [1.82, 2.24) is 25.4 Å². The molecule has 9 nitrogen and oxygen atoms in total. The van der Waals surface area contributed by atoms with Crippen LogP contribution in [0.25, 0.3) is 0 Å². The maximum atomic E-state index is 14.2. The molecule has 1 aliphatic heterocycles. The van der Waals surface area contributed by atoms with Gasteiger partial charge in [0.1, 0.15) is 12.1 Å². The number of benzene rings is 2. The SMILES string of the molecule is Cc1cc(Cc2ccc(C(=O)NCC(=O)N3C(C(C)(C)c4ncco4)CC[C@H]3c3cccc(F)c3)cc2C)c(=O)[nH]n1. The van der Waals surface area contributed by atoms with Crippen LogP contribution in [0.15, 0.2) is 70.2 Å². The third-order valence-electron chi connectivity index (χ3n) is 8.12. The first-order chi connectivity index (χ1) is 20.0. The maximum absolute atomic E-state index is 14.2. The van der Waals surface area contributed by atoms with Crippen molar-refractivity contribution in [1.29, 1.82) is 0 Å². The van der Waals surface area contributed by atoms with Crippen LogP contribution in [0.5, 0.6) is 0 Å². The van der Waals surface area contributed by atoms with Crippen LogP contribution in [-0.4, -0.2) is 44.5 Å². The molecule has 2 atom stereocenters. The predicted molar refractivity (Wildman–Crippen MR) is 154 cm³/mol. The minimum Gasteiger partial charge on any atom is -0.448 e. The maximum Gasteiger partial charge on any atom is 0.267 e. The summed E-state index contributed by atoms with van der Waals surface area (Å²) in [6.07, 6.45) is 4.79. The number of amides is 2. The van der Waals surface area contributed by atoms with Gasteiger partial charge in [0.2, 0.25) is 11.8 Å². The van der Waals surface area contributed by atoms with E-state index in [-0.39, 0.29) is 41.8 Å². The van der Waals surface area contributed by atoms with E-state index >= 15 is 0 Å². The zero-order valence-electron chi connectivity index (χ0n) is 24.1. The zero-order chi connectivity index (χ0) is 30.0. The fourth-order valence-electron chi connectivity index (χ4n) is 5.87. The first kappa shape index (κ1) is 28.9. The van der Waals surface area contributed by atoms with Crippen molar-refractivity contribution in [2.75, 3.05) is 6.54 Å². The molecule has 0 bridgehead atoms. The third kappa shape index (κ3) is 5.88. The summed E-state index contributed by atoms with van der Waals surface area (Å²) in [5.41, 5.74) is 3.31. The summed E-state index contributed by atoms with van der Waals surface area (Å²) in [6, 6.07) is 12.6. The lowest BCUT2D eigenvalue weighted by Crippen LogP contribution is -2.50. The minimum absolute atomic E-state index is 0.227. The lowest BCUT2D eigenvalue weighted by Gasteiger charge is -2.38. The standard InChI is InChI=1S/C32H34FN5O4/c1-19-14-23(9-8-21(19)16-24-15-20(2)36-37-30(24)41)29(40)35-18-28(39)38-26(22-6-5-7-25(33)17-22)10-11-27(38)32(3,4)31-34-12-13-42-31/h5-9,12-15,17,26-27H,10-11,16,18H2,1-4H3,(H,35,40)(H,37,41)/t26-,27?/m0/s1. The van der Waals surface area contributed by atoms with Crippen molar-refractivity contribution >= 4 is 11.8 Å². The quantitative estimate of drug-likeness (QED) is 0.320. The van der Waals surface area contributed by atoms with Crippen LogP contribution >= 0.6 is 0 Å². The van der Waals surface area contributed by atoms with Crippen LogP contribution in [0.2, 0.25) is 0 Å². The van der Waals surface area contributed by atoms with Gasteiger partial charge >= 0.3 is 0 Å². The first-order valence-corrected chi connectivity index (χ1v) is 13.9. The molecule has 10 heteroatoms. The molecule has 0 radical (unpaired) electrons. The first-order valence-electron chi connectivity index (χ1n) is 13.9. The molecule has 2 aromatic heterocycles. The molecule has 218 valence electrons. The Balaban J connectivity index is 1.33. The van der Waals surface area contributed by atoms with Gasteiger partial charge in [-0.2, -0.15) is 5.10 Å². The summed E-state index contributed by atoms with van der Waals surface area (Å²) in [5.74, 6) is -0.527. The molecular formula is C32H34FN5O4. The molecule has 0 spiro atoms. The fraction of sp³-hybridized carbons (Fsp3) is 0.344. The number of likely N-dealkylation sites (tertiary alicyclic amines) is 1. The molecule has 42 heavy (non-hydrogen) atoms. The lowest BCUT2D eigenvalue weighted by atomic mass is 9.82. The van der Waals surface area contributed by atoms with Crippen molar-refractivity contribution < 1.29 is 18.4 Å². The smallest absolute Gasteiger partial charge is 0.267 e. The number of halogens is 1. The van der Waals surface area contributed by atoms with E-state index < -0.39 is 5.41 Å². The normalized spacial score (nSPS) is 16.9. The number of nitrogens with one attached hydrogen (secondary N) is 2. The lowest BCUT2D eigenvalue weighted by molar-refractivity contribution is -0.134. The minimum atomic E-state index is -0.618. The van der Waals surface area contributed by atoms with E-state index in [4.69, 9.17) is 4.42 Å². The summed E-state index contributed by atoms with van der Waals surface area (Å²) >= 11 is 0. The van der Waals surface area contributed by atoms with E-state index in [1.807, 2.05) is 32.9 Å². The molecule has 4 aromatic rings. The van der Waals surface area contributed by atoms with Gasteiger partial charge in [-0.25, -0.2) is 14.5 Å². The molecule has 5 rings (SSSR count). The largest absolute Gasteiger partial charge is 0.448 e. The summed E-state index contributed by atoms with van der Waals surface area (Å²) in [7, 11) is 0. The Bertz CT molecular complexity index is 1660. The van der Waals surface area contributed by atoms with E-state index in [0.29, 0.717) is 47.5 Å². The Hall–Kier alpha value is -4.60. The molecule has 2 aromatic carbocycles. The van der Waals surface area contributed by atoms with E-state index in [2.05, 4.69) is 20.5 Å². The molecule has 0 aliphatic carbocycles. The van der Waals surface area contributed by atoms with E-state index in [0.717, 1.165) is 11.1 Å². The van der Waals surface area contributed by atoms with Crippen molar-refractivity contribution in [3.05, 3.63) is 117 Å². The Kier molecular flexibility index (Phi) is 8.06. The van der Waals surface area contributed by atoms with Crippen LogP contribution in [0.4, 0.5) is 4.39 Å². The number of nitrogens with zero attached hydrogens (tertiary/aromatic N) is 3. The van der Waals surface area contributed by atoms with Gasteiger partial charge in [0.25, 0.3) is 11.5 Å². The van der Waals surface area contributed by atoms with Gasteiger partial charge in [-0.05, 0) is 87.6 Å². The monoisotopic (exact) mass is 571 g/mol. The number of aromatic amines is 1. The van der Waals surface area contributed by atoms with Gasteiger partial charge in [-0.1, -0.05) is 18.2 Å². The predicted octanol–water partition coefficient (Wildman–Crippen LogP) is 4.54. The number of aryl methyl sites for hydroxylation is 2. The Labute approximate surface area is 243 Å². The highest BCUT2D eigenvalue weighted by Crippen LogP contribution is 2.44. The van der Waals surface area contributed by atoms with E-state index in [9.17, 15) is 18.8 Å². The highest BCUT2D eigenvalue weighted by molar-refractivity contribution is 5.96. The van der Waals surface area contributed by atoms with Crippen molar-refractivity contribution in [3.8, 4) is 0 Å². The Morgan fingerprint density at radius 2 is 1.93 bits per heavy atom. The molecule has 1 unspecified atom stereocenters. The zero-order valence-corrected chi connectivity index (χ0v) is 24.1. The van der Waals surface area contributed by atoms with Crippen LogP contribution in [-0.2, 0) is 16.6 Å². The fourth-order valence-corrected chi connectivity index (χ4v) is 5.87. The van der Waals surface area contributed by atoms with Crippen molar-refractivity contribution in [2.24, 2.45) is 0 Å². The van der Waals surface area contributed by atoms with E-state index in [1.165, 1.54) is 18.4 Å². The number of H-pyrrole nitrogens is 1. The number of oxazole rings is 1. The molecule has 1 saturated heterocycles. The van der Waals surface area contributed by atoms with Crippen LogP contribution in [0, 0.1) is 19.7 Å². The summed E-state index contributed by atoms with van der Waals surface area (Å²) in [6.45, 7) is 7.40. The topological polar surface area (TPSA) is 121 Å². The molecule has 1 aliphatic rings. The highest BCUT2D eigenvalue weighted by atomic mass is 19.1. The van der Waals surface area contributed by atoms with Crippen molar-refractivity contribution in [2.45, 2.75) is 64.5 Å². The number of rotatable bonds is 8. The summed E-state index contributed by atoms with van der Waals surface area (Å²) in [5, 5.41) is 9.18. The molecule has 2 amide bonds. The van der Waals surface area contributed by atoms with Crippen LogP contribution in [0.1, 0.15) is 76.9 Å². The molecule has 0 saturated carbocycles. The van der Waals surface area contributed by atoms with Gasteiger partial charge in [0.15, 0.2) is 0 Å². The Morgan fingerprint density at radius 1 is 1.12 bits per heavy atom. The van der Waals surface area contributed by atoms with Gasteiger partial charge in [0, 0.05) is 23.6 Å². The Morgan fingerprint density at radius 3 is 2.64 bits per heavy atom. The highest BCUT2D eigenvalue weighted by Gasteiger charge is 2.47. The number of carbonyl (C=O) groups excluding carboxylic acids is 2. The second-order valence-corrected chi connectivity index (χ2v) is 11.4. The van der Waals surface area contributed by atoms with Crippen LogP contribution in [0.3, 0.4) is 0 Å². The average molecular weight is 572 g/mol. The van der Waals surface area contributed by atoms with Gasteiger partial charge in [0.05, 0.1) is 29.9 Å². The number of hydrogen-bond acceptors (Lipinski definition) is 6. The van der Waals surface area contributed by atoms with Crippen molar-refractivity contribution in [3.63, 3.8) is 0 Å². The molecule has 2 N–H and O–H groups in total. The van der Waals surface area contributed by atoms with Gasteiger partial charge < -0.3 is 14.6 Å². The molecular weight excluding hydrogens is 537 g/mol. The number of hydrogen-bond donors (Lipinski definition) is 2. The van der Waals surface area contributed by atoms with Gasteiger partial charge in [-0.3, -0.25) is 14.4 Å². The average Bonchev–Trinajstić information content (AvgIpc) is 3.66. The molecule has 1 fully saturated rings. The van der Waals surface area contributed by atoms with Crippen LogP contribution < -0.4 is 10.9 Å². The second-order valence-electron chi connectivity index (χ2n) is 11.4. The number of aromatic nitrogens is 3. The van der Waals surface area contributed by atoms with E-state index in [1.54, 1.807) is 42.3 Å².